The van der Waals surface area contributed by atoms with E-state index >= 15 is 0 Å². The number of aldehydes is 1. The molecule has 0 radical (unpaired) electrons. The van der Waals surface area contributed by atoms with E-state index in [1.54, 1.807) is 0 Å². The van der Waals surface area contributed by atoms with E-state index in [9.17, 15) is 19.5 Å². The summed E-state index contributed by atoms with van der Waals surface area (Å²) < 4.78 is 0. The molecular formula is C14H15ClN2O4. The van der Waals surface area contributed by atoms with Gasteiger partial charge in [0.05, 0.1) is 23.2 Å². The smallest absolute Gasteiger partial charge is 0.253 e. The third-order valence-corrected chi connectivity index (χ3v) is 3.80. The molecule has 0 unspecified atom stereocenters. The lowest BCUT2D eigenvalue weighted by Crippen LogP contribution is -2.43. The van der Waals surface area contributed by atoms with Crippen molar-refractivity contribution in [2.45, 2.75) is 18.9 Å². The van der Waals surface area contributed by atoms with Crippen LogP contribution < -0.4 is 5.32 Å². The summed E-state index contributed by atoms with van der Waals surface area (Å²) >= 11 is 5.82. The number of carbonyl (C=O) groups excluding carboxylic acids is 3. The van der Waals surface area contributed by atoms with Crippen molar-refractivity contribution >= 4 is 29.7 Å². The van der Waals surface area contributed by atoms with Gasteiger partial charge in [0.2, 0.25) is 5.91 Å². The van der Waals surface area contributed by atoms with Crippen molar-refractivity contribution in [1.29, 1.82) is 0 Å². The van der Waals surface area contributed by atoms with E-state index in [-0.39, 0.29) is 28.8 Å². The van der Waals surface area contributed by atoms with Gasteiger partial charge in [0.1, 0.15) is 12.0 Å². The molecule has 1 saturated heterocycles. The van der Waals surface area contributed by atoms with Crippen LogP contribution in [0.2, 0.25) is 5.02 Å². The van der Waals surface area contributed by atoms with E-state index in [4.69, 9.17) is 11.6 Å². The van der Waals surface area contributed by atoms with Crippen molar-refractivity contribution in [3.8, 4) is 5.75 Å². The molecule has 0 bridgehead atoms. The largest absolute Gasteiger partial charge is 0.506 e. The Hall–Kier alpha value is -2.08. The number of halogens is 1. The van der Waals surface area contributed by atoms with Gasteiger partial charge in [0, 0.05) is 6.54 Å². The van der Waals surface area contributed by atoms with Gasteiger partial charge in [-0.1, -0.05) is 17.7 Å². The van der Waals surface area contributed by atoms with Crippen LogP contribution in [0, 0.1) is 0 Å². The average Bonchev–Trinajstić information content (AvgIpc) is 2.95. The quantitative estimate of drug-likeness (QED) is 0.811. The molecule has 1 aliphatic heterocycles. The van der Waals surface area contributed by atoms with Gasteiger partial charge in [0.25, 0.3) is 5.91 Å². The zero-order chi connectivity index (χ0) is 15.4. The van der Waals surface area contributed by atoms with E-state index in [2.05, 4.69) is 5.32 Å². The van der Waals surface area contributed by atoms with Gasteiger partial charge in [-0.2, -0.15) is 0 Å². The second kappa shape index (κ2) is 6.58. The maximum Gasteiger partial charge on any atom is 0.253 e. The zero-order valence-electron chi connectivity index (χ0n) is 11.2. The summed E-state index contributed by atoms with van der Waals surface area (Å²) in [6, 6.07) is 3.90. The number of nitrogens with zero attached hydrogens (tertiary/aromatic N) is 1. The number of nitrogens with one attached hydrogen (secondary N) is 1. The van der Waals surface area contributed by atoms with Crippen molar-refractivity contribution in [2.75, 3.05) is 13.1 Å². The highest BCUT2D eigenvalue weighted by molar-refractivity contribution is 6.35. The van der Waals surface area contributed by atoms with E-state index in [1.807, 2.05) is 0 Å². The fraction of sp³-hybridized carbons (Fsp3) is 0.357. The van der Waals surface area contributed by atoms with Crippen LogP contribution in [0.5, 0.6) is 5.75 Å². The first kappa shape index (κ1) is 15.3. The Bertz CT molecular complexity index is 576. The molecule has 112 valence electrons. The van der Waals surface area contributed by atoms with Crippen LogP contribution in [-0.4, -0.2) is 47.2 Å². The Morgan fingerprint density at radius 3 is 2.95 bits per heavy atom. The van der Waals surface area contributed by atoms with Gasteiger partial charge in [-0.05, 0) is 25.0 Å². The first-order valence-corrected chi connectivity index (χ1v) is 6.93. The highest BCUT2D eigenvalue weighted by Gasteiger charge is 2.28. The topological polar surface area (TPSA) is 86.7 Å². The van der Waals surface area contributed by atoms with Gasteiger partial charge in [-0.25, -0.2) is 0 Å². The number of amides is 2. The molecule has 6 nitrogen and oxygen atoms in total. The molecule has 2 N–H and O–H groups in total. The van der Waals surface area contributed by atoms with Crippen molar-refractivity contribution in [2.24, 2.45) is 0 Å². The number of rotatable bonds is 4. The van der Waals surface area contributed by atoms with Crippen LogP contribution in [0.4, 0.5) is 0 Å². The molecule has 1 aliphatic rings. The number of likely N-dealkylation sites (tertiary alicyclic amines) is 1. The summed E-state index contributed by atoms with van der Waals surface area (Å²) in [6.45, 7) is 0.306. The molecule has 7 heteroatoms. The SMILES string of the molecule is O=C[C@@H]1CCCN1C(=O)CNC(=O)c1cccc(O)c1Cl. The van der Waals surface area contributed by atoms with E-state index < -0.39 is 11.9 Å². The van der Waals surface area contributed by atoms with E-state index in [1.165, 1.54) is 23.1 Å². The first-order valence-electron chi connectivity index (χ1n) is 6.55. The van der Waals surface area contributed by atoms with Gasteiger partial charge in [-0.15, -0.1) is 0 Å². The molecule has 0 aliphatic carbocycles. The van der Waals surface area contributed by atoms with Crippen LogP contribution in [0.25, 0.3) is 0 Å². The summed E-state index contributed by atoms with van der Waals surface area (Å²) in [5.74, 6) is -1.06. The second-order valence-electron chi connectivity index (χ2n) is 4.75. The second-order valence-corrected chi connectivity index (χ2v) is 5.13. The molecule has 1 aromatic rings. The number of phenols is 1. The highest BCUT2D eigenvalue weighted by Crippen LogP contribution is 2.26. The Balaban J connectivity index is 1.96. The lowest BCUT2D eigenvalue weighted by atomic mass is 10.2. The third kappa shape index (κ3) is 3.33. The number of benzene rings is 1. The number of hydrogen-bond donors (Lipinski definition) is 2. The van der Waals surface area contributed by atoms with Gasteiger partial charge >= 0.3 is 0 Å². The Morgan fingerprint density at radius 1 is 1.48 bits per heavy atom. The maximum atomic E-state index is 12.0. The molecule has 1 atom stereocenters. The fourth-order valence-corrected chi connectivity index (χ4v) is 2.50. The predicted octanol–water partition coefficient (Wildman–Crippen LogP) is 0.965. The summed E-state index contributed by atoms with van der Waals surface area (Å²) in [4.78, 5) is 36.2. The van der Waals surface area contributed by atoms with Crippen LogP contribution in [-0.2, 0) is 9.59 Å². The lowest BCUT2D eigenvalue weighted by Gasteiger charge is -2.20. The van der Waals surface area contributed by atoms with Crippen molar-refractivity contribution in [3.63, 3.8) is 0 Å². The van der Waals surface area contributed by atoms with Gasteiger partial charge in [-0.3, -0.25) is 9.59 Å². The molecule has 0 spiro atoms. The zero-order valence-corrected chi connectivity index (χ0v) is 12.0. The van der Waals surface area contributed by atoms with Gasteiger partial charge in [0.15, 0.2) is 0 Å². The van der Waals surface area contributed by atoms with Crippen LogP contribution in [0.3, 0.4) is 0 Å². The third-order valence-electron chi connectivity index (χ3n) is 3.40. The molecule has 0 saturated carbocycles. The predicted molar refractivity (Wildman–Crippen MR) is 76.2 cm³/mol. The molecule has 1 aromatic carbocycles. The van der Waals surface area contributed by atoms with Crippen molar-refractivity contribution in [1.82, 2.24) is 10.2 Å². The minimum absolute atomic E-state index is 0.0608. The average molecular weight is 311 g/mol. The lowest BCUT2D eigenvalue weighted by molar-refractivity contribution is -0.133. The van der Waals surface area contributed by atoms with Gasteiger partial charge < -0.3 is 20.1 Å². The molecule has 1 heterocycles. The summed E-state index contributed by atoms with van der Waals surface area (Å²) in [7, 11) is 0. The number of hydrogen-bond acceptors (Lipinski definition) is 4. The summed E-state index contributed by atoms with van der Waals surface area (Å²) in [6.07, 6.45) is 2.18. The van der Waals surface area contributed by atoms with E-state index in [0.717, 1.165) is 12.7 Å². The molecule has 2 amide bonds. The van der Waals surface area contributed by atoms with Crippen LogP contribution >= 0.6 is 11.6 Å². The minimum Gasteiger partial charge on any atom is -0.506 e. The van der Waals surface area contributed by atoms with E-state index in [0.29, 0.717) is 13.0 Å². The molecule has 2 rings (SSSR count). The standard InChI is InChI=1S/C14H15ClN2O4/c15-13-10(4-1-5-11(13)19)14(21)16-7-12(20)17-6-2-3-9(17)8-18/h1,4-5,8-9,19H,2-3,6-7H2,(H,16,21)/t9-/m0/s1. The maximum absolute atomic E-state index is 12.0. The molecule has 21 heavy (non-hydrogen) atoms. The summed E-state index contributed by atoms with van der Waals surface area (Å²) in [5, 5.41) is 11.8. The Labute approximate surface area is 126 Å². The number of phenolic OH excluding ortho intramolecular Hbond substituents is 1. The van der Waals surface area contributed by atoms with Crippen molar-refractivity contribution in [3.05, 3.63) is 28.8 Å². The first-order chi connectivity index (χ1) is 10.0. The monoisotopic (exact) mass is 310 g/mol. The summed E-state index contributed by atoms with van der Waals surface area (Å²) in [5.41, 5.74) is 0.0952. The number of carbonyl (C=O) groups is 3. The highest BCUT2D eigenvalue weighted by atomic mass is 35.5. The minimum atomic E-state index is -0.550. The van der Waals surface area contributed by atoms with Crippen LogP contribution in [0.1, 0.15) is 23.2 Å². The number of aromatic hydroxyl groups is 1. The molecule has 1 fully saturated rings. The van der Waals surface area contributed by atoms with Crippen LogP contribution in [0.15, 0.2) is 18.2 Å². The van der Waals surface area contributed by atoms with Crippen molar-refractivity contribution < 1.29 is 19.5 Å². The normalized spacial score (nSPS) is 17.6. The fourth-order valence-electron chi connectivity index (χ4n) is 2.29. The Kier molecular flexibility index (Phi) is 4.80. The molecule has 0 aromatic heterocycles. The Morgan fingerprint density at radius 2 is 2.24 bits per heavy atom. The molecular weight excluding hydrogens is 296 g/mol.